The number of carbonyl (C=O) groups excluding carboxylic acids is 3. The maximum absolute atomic E-state index is 12.9. The lowest BCUT2D eigenvalue weighted by Crippen LogP contribution is -2.47. The van der Waals surface area contributed by atoms with Crippen LogP contribution in [-0.4, -0.2) is 53.1 Å². The number of unbranched alkanes of at least 4 members (excludes halogenated alkanes) is 1. The van der Waals surface area contributed by atoms with Crippen LogP contribution in [0.15, 0.2) is 24.3 Å². The molecule has 8 nitrogen and oxygen atoms in total. The molecule has 0 radical (unpaired) electrons. The molecule has 1 unspecified atom stereocenters. The number of hydrogen-bond acceptors (Lipinski definition) is 5. The molecule has 1 rings (SSSR count). The Labute approximate surface area is 172 Å². The molecule has 0 saturated heterocycles. The first-order chi connectivity index (χ1) is 13.6. The highest BCUT2D eigenvalue weighted by atomic mass is 16.6. The molecule has 0 saturated carbocycles. The Morgan fingerprint density at radius 1 is 1.14 bits per heavy atom. The molecule has 0 spiro atoms. The SMILES string of the molecule is CCCCNC(=O)C(c1ccccc1O)N(CC)C(=O)CNC(=O)OC(C)(C)C. The van der Waals surface area contributed by atoms with Gasteiger partial charge in [-0.2, -0.15) is 0 Å². The van der Waals surface area contributed by atoms with Crippen molar-refractivity contribution in [1.29, 1.82) is 0 Å². The van der Waals surface area contributed by atoms with Crippen molar-refractivity contribution in [2.75, 3.05) is 19.6 Å². The van der Waals surface area contributed by atoms with Gasteiger partial charge in [-0.1, -0.05) is 31.5 Å². The highest BCUT2D eigenvalue weighted by Crippen LogP contribution is 2.29. The number of benzene rings is 1. The number of rotatable bonds is 9. The second kappa shape index (κ2) is 11.3. The topological polar surface area (TPSA) is 108 Å². The quantitative estimate of drug-likeness (QED) is 0.546. The maximum atomic E-state index is 12.9. The van der Waals surface area contributed by atoms with E-state index in [1.54, 1.807) is 45.9 Å². The smallest absolute Gasteiger partial charge is 0.408 e. The maximum Gasteiger partial charge on any atom is 0.408 e. The van der Waals surface area contributed by atoms with Gasteiger partial charge in [0, 0.05) is 18.7 Å². The summed E-state index contributed by atoms with van der Waals surface area (Å²) < 4.78 is 5.14. The average molecular weight is 408 g/mol. The lowest BCUT2D eigenvalue weighted by atomic mass is 10.0. The van der Waals surface area contributed by atoms with Gasteiger partial charge in [0.05, 0.1) is 0 Å². The van der Waals surface area contributed by atoms with Gasteiger partial charge >= 0.3 is 6.09 Å². The molecular weight excluding hydrogens is 374 g/mol. The van der Waals surface area contributed by atoms with Crippen LogP contribution in [0.3, 0.4) is 0 Å². The minimum Gasteiger partial charge on any atom is -0.508 e. The molecule has 162 valence electrons. The number of nitrogens with one attached hydrogen (secondary N) is 2. The van der Waals surface area contributed by atoms with Gasteiger partial charge in [-0.25, -0.2) is 4.79 Å². The molecule has 3 N–H and O–H groups in total. The van der Waals surface area contributed by atoms with Crippen LogP contribution in [0.1, 0.15) is 59.1 Å². The summed E-state index contributed by atoms with van der Waals surface area (Å²) in [5, 5.41) is 15.5. The standard InChI is InChI=1S/C21H33N3O5/c1-6-8-13-22-19(27)18(15-11-9-10-12-16(15)25)24(7-2)17(26)14-23-20(28)29-21(3,4)5/h9-12,18,25H,6-8,13-14H2,1-5H3,(H,22,27)(H,23,28). The highest BCUT2D eigenvalue weighted by Gasteiger charge is 2.32. The molecule has 3 amide bonds. The van der Waals surface area contributed by atoms with Gasteiger partial charge in [-0.3, -0.25) is 9.59 Å². The zero-order valence-corrected chi connectivity index (χ0v) is 17.9. The second-order valence-corrected chi connectivity index (χ2v) is 7.64. The molecule has 0 aromatic heterocycles. The van der Waals surface area contributed by atoms with E-state index in [1.165, 1.54) is 11.0 Å². The van der Waals surface area contributed by atoms with Gasteiger partial charge in [0.2, 0.25) is 11.8 Å². The summed E-state index contributed by atoms with van der Waals surface area (Å²) in [7, 11) is 0. The summed E-state index contributed by atoms with van der Waals surface area (Å²) in [5.41, 5.74) is -0.358. The van der Waals surface area contributed by atoms with E-state index in [9.17, 15) is 19.5 Å². The van der Waals surface area contributed by atoms with Crippen molar-refractivity contribution in [3.05, 3.63) is 29.8 Å². The zero-order valence-electron chi connectivity index (χ0n) is 17.9. The summed E-state index contributed by atoms with van der Waals surface area (Å²) in [6, 6.07) is 5.41. The van der Waals surface area contributed by atoms with Crippen molar-refractivity contribution in [3.63, 3.8) is 0 Å². The Hall–Kier alpha value is -2.77. The Morgan fingerprint density at radius 2 is 1.79 bits per heavy atom. The normalized spacial score (nSPS) is 12.0. The number of ether oxygens (including phenoxy) is 1. The third-order valence-electron chi connectivity index (χ3n) is 4.06. The van der Waals surface area contributed by atoms with Crippen LogP contribution in [0.5, 0.6) is 5.75 Å². The Bertz CT molecular complexity index is 700. The van der Waals surface area contributed by atoms with Crippen molar-refractivity contribution in [1.82, 2.24) is 15.5 Å². The van der Waals surface area contributed by atoms with E-state index in [-0.39, 0.29) is 24.7 Å². The lowest BCUT2D eigenvalue weighted by Gasteiger charge is -2.31. The predicted molar refractivity (Wildman–Crippen MR) is 110 cm³/mol. The van der Waals surface area contributed by atoms with Crippen LogP contribution in [0.25, 0.3) is 0 Å². The van der Waals surface area contributed by atoms with E-state index in [0.29, 0.717) is 12.1 Å². The second-order valence-electron chi connectivity index (χ2n) is 7.64. The van der Waals surface area contributed by atoms with Crippen molar-refractivity contribution in [3.8, 4) is 5.75 Å². The molecular formula is C21H33N3O5. The van der Waals surface area contributed by atoms with Crippen LogP contribution < -0.4 is 10.6 Å². The number of para-hydroxylation sites is 1. The molecule has 29 heavy (non-hydrogen) atoms. The largest absolute Gasteiger partial charge is 0.508 e. The molecule has 0 aliphatic carbocycles. The summed E-state index contributed by atoms with van der Waals surface area (Å²) in [6.07, 6.45) is 1.01. The number of amides is 3. The number of aromatic hydroxyl groups is 1. The molecule has 0 aliphatic rings. The fourth-order valence-electron chi connectivity index (χ4n) is 2.72. The van der Waals surface area contributed by atoms with Crippen molar-refractivity contribution in [2.24, 2.45) is 0 Å². The summed E-state index contributed by atoms with van der Waals surface area (Å²) >= 11 is 0. The van der Waals surface area contributed by atoms with Gasteiger partial charge in [0.15, 0.2) is 0 Å². The number of likely N-dealkylation sites (N-methyl/N-ethyl adjacent to an activating group) is 1. The van der Waals surface area contributed by atoms with Gasteiger partial charge in [0.1, 0.15) is 23.9 Å². The molecule has 0 fully saturated rings. The molecule has 0 bridgehead atoms. The van der Waals surface area contributed by atoms with E-state index in [2.05, 4.69) is 10.6 Å². The molecule has 1 aromatic carbocycles. The number of phenolic OH excluding ortho intramolecular Hbond substituents is 1. The van der Waals surface area contributed by atoms with Crippen LogP contribution in [0.4, 0.5) is 4.79 Å². The third kappa shape index (κ3) is 8.01. The molecule has 0 heterocycles. The number of carbonyl (C=O) groups is 3. The van der Waals surface area contributed by atoms with E-state index < -0.39 is 23.6 Å². The first-order valence-electron chi connectivity index (χ1n) is 9.92. The van der Waals surface area contributed by atoms with Crippen molar-refractivity contribution in [2.45, 2.75) is 59.1 Å². The fourth-order valence-corrected chi connectivity index (χ4v) is 2.72. The van der Waals surface area contributed by atoms with Crippen LogP contribution in [-0.2, 0) is 14.3 Å². The van der Waals surface area contributed by atoms with Gasteiger partial charge < -0.3 is 25.4 Å². The Kier molecular flexibility index (Phi) is 9.44. The van der Waals surface area contributed by atoms with Crippen molar-refractivity contribution < 1.29 is 24.2 Å². The molecule has 8 heteroatoms. The number of nitrogens with zero attached hydrogens (tertiary/aromatic N) is 1. The summed E-state index contributed by atoms with van der Waals surface area (Å²) in [5.74, 6) is -0.917. The zero-order chi connectivity index (χ0) is 22.0. The summed E-state index contributed by atoms with van der Waals surface area (Å²) in [6.45, 7) is 9.28. The molecule has 0 aliphatic heterocycles. The number of phenols is 1. The molecule has 1 atom stereocenters. The number of hydrogen-bond donors (Lipinski definition) is 3. The first kappa shape index (κ1) is 24.3. The monoisotopic (exact) mass is 407 g/mol. The van der Waals surface area contributed by atoms with Crippen LogP contribution in [0.2, 0.25) is 0 Å². The lowest BCUT2D eigenvalue weighted by molar-refractivity contribution is -0.140. The van der Waals surface area contributed by atoms with Gasteiger partial charge in [0.25, 0.3) is 0 Å². The summed E-state index contributed by atoms with van der Waals surface area (Å²) in [4.78, 5) is 38.9. The van der Waals surface area contributed by atoms with E-state index in [1.807, 2.05) is 6.92 Å². The van der Waals surface area contributed by atoms with Crippen LogP contribution in [0, 0.1) is 0 Å². The Balaban J connectivity index is 3.01. The van der Waals surface area contributed by atoms with Crippen LogP contribution >= 0.6 is 0 Å². The Morgan fingerprint density at radius 3 is 2.34 bits per heavy atom. The fraction of sp³-hybridized carbons (Fsp3) is 0.571. The third-order valence-corrected chi connectivity index (χ3v) is 4.06. The molecule has 1 aromatic rings. The number of alkyl carbamates (subject to hydrolysis) is 1. The minimum atomic E-state index is -1.01. The van der Waals surface area contributed by atoms with Crippen molar-refractivity contribution >= 4 is 17.9 Å². The predicted octanol–water partition coefficient (Wildman–Crippen LogP) is 2.72. The van der Waals surface area contributed by atoms with E-state index >= 15 is 0 Å². The first-order valence-corrected chi connectivity index (χ1v) is 9.92. The highest BCUT2D eigenvalue weighted by molar-refractivity contribution is 5.90. The minimum absolute atomic E-state index is 0.0745. The van der Waals surface area contributed by atoms with Gasteiger partial charge in [-0.05, 0) is 40.2 Å². The van der Waals surface area contributed by atoms with E-state index in [0.717, 1.165) is 12.8 Å². The van der Waals surface area contributed by atoms with E-state index in [4.69, 9.17) is 4.74 Å². The van der Waals surface area contributed by atoms with Gasteiger partial charge in [-0.15, -0.1) is 0 Å². The average Bonchev–Trinajstić information content (AvgIpc) is 2.63.